The zero-order valence-electron chi connectivity index (χ0n) is 15.5. The molecule has 1 amide bonds. The van der Waals surface area contributed by atoms with Gasteiger partial charge < -0.3 is 19.6 Å². The van der Waals surface area contributed by atoms with Crippen LogP contribution in [-0.4, -0.2) is 47.9 Å². The van der Waals surface area contributed by atoms with Crippen molar-refractivity contribution in [3.8, 4) is 11.5 Å². The van der Waals surface area contributed by atoms with Gasteiger partial charge in [0.25, 0.3) is 0 Å². The number of hydrogen-bond acceptors (Lipinski definition) is 6. The number of piperidine rings is 1. The van der Waals surface area contributed by atoms with Gasteiger partial charge in [0.15, 0.2) is 5.78 Å². The van der Waals surface area contributed by atoms with Crippen LogP contribution in [0.3, 0.4) is 0 Å². The van der Waals surface area contributed by atoms with Gasteiger partial charge in [0, 0.05) is 39.4 Å². The van der Waals surface area contributed by atoms with Crippen molar-refractivity contribution in [1.82, 2.24) is 4.90 Å². The van der Waals surface area contributed by atoms with Crippen molar-refractivity contribution < 1.29 is 24.3 Å². The third-order valence-corrected chi connectivity index (χ3v) is 4.73. The van der Waals surface area contributed by atoms with Gasteiger partial charge in [0.2, 0.25) is 11.8 Å². The Morgan fingerprint density at radius 2 is 1.96 bits per heavy atom. The first-order valence-corrected chi connectivity index (χ1v) is 8.77. The standard InChI is InChI=1S/C19H26N2O5/c1-13(20-24)26-19-12-16(25-3)5-6-17(19)18(23)7-4-15-8-10-21(11-9-15)14(2)22/h5-6,12,15,24H,4,7-11H2,1-3H3. The van der Waals surface area contributed by atoms with Crippen LogP contribution in [0.25, 0.3) is 0 Å². The molecule has 7 heteroatoms. The van der Waals surface area contributed by atoms with E-state index in [9.17, 15) is 9.59 Å². The number of ketones is 1. The number of ether oxygens (including phenoxy) is 2. The van der Waals surface area contributed by atoms with Crippen molar-refractivity contribution in [3.63, 3.8) is 0 Å². The molecule has 1 saturated heterocycles. The van der Waals surface area contributed by atoms with Gasteiger partial charge in [-0.3, -0.25) is 9.59 Å². The lowest BCUT2D eigenvalue weighted by atomic mass is 9.90. The SMILES string of the molecule is COc1ccc(C(=O)CCC2CCN(C(C)=O)CC2)c(OC(C)=NO)c1. The number of nitrogens with zero attached hydrogens (tertiary/aromatic N) is 2. The Morgan fingerprint density at radius 1 is 1.27 bits per heavy atom. The lowest BCUT2D eigenvalue weighted by Crippen LogP contribution is -2.37. The highest BCUT2D eigenvalue weighted by molar-refractivity contribution is 5.99. The van der Waals surface area contributed by atoms with Crippen LogP contribution < -0.4 is 9.47 Å². The molecule has 1 fully saturated rings. The maximum Gasteiger partial charge on any atom is 0.228 e. The van der Waals surface area contributed by atoms with Gasteiger partial charge in [0.1, 0.15) is 11.5 Å². The minimum absolute atomic E-state index is 0.0256. The average molecular weight is 362 g/mol. The summed E-state index contributed by atoms with van der Waals surface area (Å²) in [7, 11) is 1.53. The van der Waals surface area contributed by atoms with E-state index >= 15 is 0 Å². The quantitative estimate of drug-likeness (QED) is 0.276. The summed E-state index contributed by atoms with van der Waals surface area (Å²) in [6.07, 6.45) is 3.04. The molecule has 7 nitrogen and oxygen atoms in total. The summed E-state index contributed by atoms with van der Waals surface area (Å²) >= 11 is 0. The summed E-state index contributed by atoms with van der Waals surface area (Å²) in [6, 6.07) is 4.98. The first-order valence-electron chi connectivity index (χ1n) is 8.77. The fourth-order valence-electron chi connectivity index (χ4n) is 3.13. The third-order valence-electron chi connectivity index (χ3n) is 4.73. The Labute approximate surface area is 153 Å². The highest BCUT2D eigenvalue weighted by Crippen LogP contribution is 2.28. The molecule has 0 aromatic heterocycles. The number of hydrogen-bond donors (Lipinski definition) is 1. The molecule has 2 rings (SSSR count). The van der Waals surface area contributed by atoms with Crippen LogP contribution in [0.5, 0.6) is 11.5 Å². The molecule has 0 aliphatic carbocycles. The maximum atomic E-state index is 12.7. The molecule has 0 radical (unpaired) electrons. The number of methoxy groups -OCH3 is 1. The Kier molecular flexibility index (Phi) is 7.00. The third kappa shape index (κ3) is 5.21. The number of rotatable bonds is 6. The number of amides is 1. The second-order valence-electron chi connectivity index (χ2n) is 6.49. The van der Waals surface area contributed by atoms with Crippen LogP contribution in [0.15, 0.2) is 23.4 Å². The van der Waals surface area contributed by atoms with Crippen molar-refractivity contribution >= 4 is 17.6 Å². The van der Waals surface area contributed by atoms with Crippen molar-refractivity contribution in [1.29, 1.82) is 0 Å². The minimum Gasteiger partial charge on any atom is -0.497 e. The van der Waals surface area contributed by atoms with Gasteiger partial charge in [-0.05, 0) is 37.3 Å². The van der Waals surface area contributed by atoms with Gasteiger partial charge in [-0.2, -0.15) is 0 Å². The van der Waals surface area contributed by atoms with Crippen LogP contribution in [0.4, 0.5) is 0 Å². The van der Waals surface area contributed by atoms with Crippen molar-refractivity contribution in [2.24, 2.45) is 11.1 Å². The molecule has 1 heterocycles. The van der Waals surface area contributed by atoms with Gasteiger partial charge >= 0.3 is 0 Å². The molecule has 0 unspecified atom stereocenters. The summed E-state index contributed by atoms with van der Waals surface area (Å²) in [6.45, 7) is 4.61. The normalized spacial score (nSPS) is 15.7. The number of likely N-dealkylation sites (tertiary alicyclic amines) is 1. The van der Waals surface area contributed by atoms with Crippen LogP contribution >= 0.6 is 0 Å². The molecule has 26 heavy (non-hydrogen) atoms. The maximum absolute atomic E-state index is 12.7. The predicted molar refractivity (Wildman–Crippen MR) is 97.1 cm³/mol. The molecule has 0 spiro atoms. The Morgan fingerprint density at radius 3 is 2.54 bits per heavy atom. The number of benzene rings is 1. The van der Waals surface area contributed by atoms with Crippen molar-refractivity contribution in [2.75, 3.05) is 20.2 Å². The fraction of sp³-hybridized carbons (Fsp3) is 0.526. The van der Waals surface area contributed by atoms with Crippen LogP contribution in [0.1, 0.15) is 49.9 Å². The van der Waals surface area contributed by atoms with Gasteiger partial charge in [0.05, 0.1) is 12.7 Å². The van der Waals surface area contributed by atoms with Gasteiger partial charge in [-0.15, -0.1) is 0 Å². The Hall–Kier alpha value is -2.57. The molecule has 1 N–H and O–H groups in total. The monoisotopic (exact) mass is 362 g/mol. The van der Waals surface area contributed by atoms with E-state index in [2.05, 4.69) is 5.16 Å². The van der Waals surface area contributed by atoms with Crippen LogP contribution in [0, 0.1) is 5.92 Å². The van der Waals surface area contributed by atoms with Crippen molar-refractivity contribution in [2.45, 2.75) is 39.5 Å². The molecule has 1 aliphatic rings. The van der Waals surface area contributed by atoms with E-state index in [0.29, 0.717) is 29.4 Å². The summed E-state index contributed by atoms with van der Waals surface area (Å²) in [5, 5.41) is 11.8. The largest absolute Gasteiger partial charge is 0.497 e. The van der Waals surface area contributed by atoms with E-state index in [4.69, 9.17) is 14.7 Å². The average Bonchev–Trinajstić information content (AvgIpc) is 2.66. The van der Waals surface area contributed by atoms with E-state index < -0.39 is 0 Å². The summed E-state index contributed by atoms with van der Waals surface area (Å²) < 4.78 is 10.6. The van der Waals surface area contributed by atoms with Gasteiger partial charge in [-0.25, -0.2) is 0 Å². The lowest BCUT2D eigenvalue weighted by Gasteiger charge is -2.31. The summed E-state index contributed by atoms with van der Waals surface area (Å²) in [4.78, 5) is 25.9. The second-order valence-corrected chi connectivity index (χ2v) is 6.49. The second kappa shape index (κ2) is 9.22. The van der Waals surface area contributed by atoms with E-state index in [1.165, 1.54) is 14.0 Å². The molecule has 1 aromatic carbocycles. The lowest BCUT2D eigenvalue weighted by molar-refractivity contribution is -0.130. The van der Waals surface area contributed by atoms with Crippen molar-refractivity contribution in [3.05, 3.63) is 23.8 Å². The summed E-state index contributed by atoms with van der Waals surface area (Å²) in [5.41, 5.74) is 0.440. The van der Waals surface area contributed by atoms with E-state index in [1.807, 2.05) is 4.90 Å². The van der Waals surface area contributed by atoms with E-state index in [-0.39, 0.29) is 17.6 Å². The van der Waals surface area contributed by atoms with E-state index in [1.54, 1.807) is 25.1 Å². The van der Waals surface area contributed by atoms with Crippen LogP contribution in [0.2, 0.25) is 0 Å². The highest BCUT2D eigenvalue weighted by atomic mass is 16.5. The minimum atomic E-state index is -0.0256. The topological polar surface area (TPSA) is 88.4 Å². The molecule has 1 aromatic rings. The van der Waals surface area contributed by atoms with E-state index in [0.717, 1.165) is 32.4 Å². The molecule has 0 bridgehead atoms. The first-order chi connectivity index (χ1) is 12.4. The molecule has 1 aliphatic heterocycles. The number of carbonyl (C=O) groups is 2. The Balaban J connectivity index is 1.99. The highest BCUT2D eigenvalue weighted by Gasteiger charge is 2.22. The molecule has 142 valence electrons. The molecule has 0 saturated carbocycles. The number of Topliss-reactive ketones (excluding diaryl/α,β-unsaturated/α-hetero) is 1. The first kappa shape index (κ1) is 19.8. The Bertz CT molecular complexity index is 679. The zero-order valence-corrected chi connectivity index (χ0v) is 15.5. The smallest absolute Gasteiger partial charge is 0.228 e. The predicted octanol–water partition coefficient (Wildman–Crippen LogP) is 3.10. The molecular weight excluding hydrogens is 336 g/mol. The summed E-state index contributed by atoms with van der Waals surface area (Å²) in [5.74, 6) is 1.44. The number of carbonyl (C=O) groups excluding carboxylic acids is 2. The molecule has 0 atom stereocenters. The van der Waals surface area contributed by atoms with Gasteiger partial charge in [-0.1, -0.05) is 5.16 Å². The van der Waals surface area contributed by atoms with Crippen LogP contribution in [-0.2, 0) is 4.79 Å². The zero-order chi connectivity index (χ0) is 19.1. The fourth-order valence-corrected chi connectivity index (χ4v) is 3.13. The molecular formula is C19H26N2O5. The number of oxime groups is 1.